The average Bonchev–Trinajstić information content (AvgIpc) is 2.84. The highest BCUT2D eigenvalue weighted by molar-refractivity contribution is 6.05. The molecule has 1 amide bonds. The summed E-state index contributed by atoms with van der Waals surface area (Å²) in [6.45, 7) is -0.104. The van der Waals surface area contributed by atoms with Crippen molar-refractivity contribution in [1.29, 1.82) is 0 Å². The fraction of sp³-hybridized carbons (Fsp3) is 0.231. The lowest BCUT2D eigenvalue weighted by Gasteiger charge is -2.04. The molecule has 0 unspecified atom stereocenters. The number of anilines is 1. The number of rotatable bonds is 3. The van der Waals surface area contributed by atoms with Crippen molar-refractivity contribution in [3.05, 3.63) is 35.1 Å². The van der Waals surface area contributed by atoms with Crippen molar-refractivity contribution in [2.24, 2.45) is 7.05 Å². The number of hydrogen-bond donors (Lipinski definition) is 2. The minimum atomic E-state index is -0.517. The molecule has 0 aliphatic rings. The zero-order valence-corrected chi connectivity index (χ0v) is 11.2. The molecule has 8 heteroatoms. The van der Waals surface area contributed by atoms with Gasteiger partial charge in [-0.25, -0.2) is 4.39 Å². The number of aromatic nitrogens is 4. The van der Waals surface area contributed by atoms with Gasteiger partial charge in [-0.3, -0.25) is 10.1 Å². The van der Waals surface area contributed by atoms with E-state index in [4.69, 9.17) is 5.11 Å². The molecule has 7 nitrogen and oxygen atoms in total. The molecule has 0 fully saturated rings. The number of halogens is 1. The third-order valence-corrected chi connectivity index (χ3v) is 2.42. The molecule has 1 aromatic heterocycles. The Morgan fingerprint density at radius 3 is 3.00 bits per heavy atom. The second kappa shape index (κ2) is 6.58. The van der Waals surface area contributed by atoms with Gasteiger partial charge in [0.2, 0.25) is 0 Å². The minimum Gasteiger partial charge on any atom is -0.395 e. The first kappa shape index (κ1) is 14.6. The predicted molar refractivity (Wildman–Crippen MR) is 71.7 cm³/mol. The number of aryl methyl sites for hydroxylation is 1. The summed E-state index contributed by atoms with van der Waals surface area (Å²) >= 11 is 0. The van der Waals surface area contributed by atoms with E-state index in [0.29, 0.717) is 0 Å². The fourth-order valence-electron chi connectivity index (χ4n) is 1.53. The summed E-state index contributed by atoms with van der Waals surface area (Å²) in [5.41, 5.74) is 0.416. The van der Waals surface area contributed by atoms with Crippen LogP contribution < -0.4 is 5.32 Å². The van der Waals surface area contributed by atoms with Crippen molar-refractivity contribution in [2.75, 3.05) is 11.9 Å². The highest BCUT2D eigenvalue weighted by Crippen LogP contribution is 2.12. The molecule has 0 atom stereocenters. The number of nitrogens with one attached hydrogen (secondary N) is 1. The van der Waals surface area contributed by atoms with Gasteiger partial charge in [-0.1, -0.05) is 16.9 Å². The molecule has 2 N–H and O–H groups in total. The van der Waals surface area contributed by atoms with E-state index in [2.05, 4.69) is 32.6 Å². The lowest BCUT2D eigenvalue weighted by Crippen LogP contribution is -2.15. The van der Waals surface area contributed by atoms with Gasteiger partial charge in [0.05, 0.1) is 19.2 Å². The van der Waals surface area contributed by atoms with Gasteiger partial charge in [-0.2, -0.15) is 4.80 Å². The molecule has 0 aliphatic carbocycles. The number of carbonyl (C=O) groups excluding carboxylic acids is 1. The van der Waals surface area contributed by atoms with Crippen molar-refractivity contribution < 1.29 is 14.3 Å². The molecule has 0 aliphatic heterocycles. The molecule has 2 rings (SSSR count). The van der Waals surface area contributed by atoms with Crippen LogP contribution >= 0.6 is 0 Å². The molecule has 2 aromatic rings. The van der Waals surface area contributed by atoms with Crippen LogP contribution in [0.3, 0.4) is 0 Å². The number of tetrazole rings is 1. The summed E-state index contributed by atoms with van der Waals surface area (Å²) in [5, 5.41) is 22.2. The Kier molecular flexibility index (Phi) is 4.58. The summed E-state index contributed by atoms with van der Waals surface area (Å²) < 4.78 is 13.3. The third-order valence-electron chi connectivity index (χ3n) is 2.42. The molecule has 1 aromatic carbocycles. The van der Waals surface area contributed by atoms with E-state index in [1.54, 1.807) is 7.05 Å². The molecular formula is C13H12FN5O2. The first-order chi connectivity index (χ1) is 10.1. The van der Waals surface area contributed by atoms with Crippen LogP contribution in [-0.2, 0) is 7.05 Å². The van der Waals surface area contributed by atoms with Crippen LogP contribution in [0.5, 0.6) is 0 Å². The van der Waals surface area contributed by atoms with Gasteiger partial charge < -0.3 is 5.11 Å². The molecule has 0 bridgehead atoms. The van der Waals surface area contributed by atoms with Crippen molar-refractivity contribution in [3.63, 3.8) is 0 Å². The number of hydrogen-bond acceptors (Lipinski definition) is 5. The number of aliphatic hydroxyl groups is 1. The number of nitrogens with zero attached hydrogens (tertiary/aromatic N) is 4. The minimum absolute atomic E-state index is 0.0427. The van der Waals surface area contributed by atoms with E-state index in [1.807, 2.05) is 0 Å². The smallest absolute Gasteiger partial charge is 0.270 e. The van der Waals surface area contributed by atoms with E-state index in [9.17, 15) is 9.18 Å². The molecule has 0 saturated heterocycles. The topological polar surface area (TPSA) is 92.9 Å². The fourth-order valence-corrected chi connectivity index (χ4v) is 1.53. The Morgan fingerprint density at radius 2 is 2.33 bits per heavy atom. The summed E-state index contributed by atoms with van der Waals surface area (Å²) in [6.07, 6.45) is 0.239. The van der Waals surface area contributed by atoms with Gasteiger partial charge in [0.1, 0.15) is 5.82 Å². The van der Waals surface area contributed by atoms with Gasteiger partial charge in [0, 0.05) is 12.0 Å². The first-order valence-corrected chi connectivity index (χ1v) is 6.05. The molecule has 0 spiro atoms. The Morgan fingerprint density at radius 1 is 1.52 bits per heavy atom. The van der Waals surface area contributed by atoms with Crippen molar-refractivity contribution >= 4 is 11.9 Å². The predicted octanol–water partition coefficient (Wildman–Crippen LogP) is 0.335. The maximum Gasteiger partial charge on any atom is 0.270 e. The maximum absolute atomic E-state index is 13.3. The molecule has 0 saturated carbocycles. The van der Waals surface area contributed by atoms with Crippen molar-refractivity contribution in [1.82, 2.24) is 20.2 Å². The van der Waals surface area contributed by atoms with Gasteiger partial charge in [-0.05, 0) is 23.4 Å². The monoisotopic (exact) mass is 289 g/mol. The zero-order chi connectivity index (χ0) is 15.2. The van der Waals surface area contributed by atoms with Crippen LogP contribution in [0, 0.1) is 17.7 Å². The quantitative estimate of drug-likeness (QED) is 0.795. The van der Waals surface area contributed by atoms with E-state index >= 15 is 0 Å². The Labute approximate surface area is 119 Å². The lowest BCUT2D eigenvalue weighted by atomic mass is 10.1. The van der Waals surface area contributed by atoms with Crippen LogP contribution in [-0.4, -0.2) is 37.8 Å². The van der Waals surface area contributed by atoms with Crippen LogP contribution in [0.25, 0.3) is 0 Å². The third kappa shape index (κ3) is 3.84. The second-order valence-corrected chi connectivity index (χ2v) is 4.02. The first-order valence-electron chi connectivity index (χ1n) is 6.05. The van der Waals surface area contributed by atoms with E-state index in [0.717, 1.165) is 12.1 Å². The summed E-state index contributed by atoms with van der Waals surface area (Å²) in [5.74, 6) is 4.32. The number of aliphatic hydroxyl groups excluding tert-OH is 1. The Bertz CT molecular complexity index is 717. The normalized spacial score (nSPS) is 9.86. The van der Waals surface area contributed by atoms with Gasteiger partial charge in [-0.15, -0.1) is 5.10 Å². The number of carbonyl (C=O) groups is 1. The molecule has 108 valence electrons. The average molecular weight is 289 g/mol. The summed E-state index contributed by atoms with van der Waals surface area (Å²) in [6, 6.07) is 3.64. The Hall–Kier alpha value is -2.79. The lowest BCUT2D eigenvalue weighted by molar-refractivity contribution is 0.102. The van der Waals surface area contributed by atoms with Gasteiger partial charge in [0.15, 0.2) is 0 Å². The van der Waals surface area contributed by atoms with Crippen LogP contribution in [0.1, 0.15) is 22.3 Å². The van der Waals surface area contributed by atoms with Crippen molar-refractivity contribution in [3.8, 4) is 11.8 Å². The number of benzene rings is 1. The van der Waals surface area contributed by atoms with E-state index in [1.165, 1.54) is 10.9 Å². The highest BCUT2D eigenvalue weighted by Gasteiger charge is 2.13. The van der Waals surface area contributed by atoms with Gasteiger partial charge >= 0.3 is 0 Å². The zero-order valence-electron chi connectivity index (χ0n) is 11.2. The van der Waals surface area contributed by atoms with E-state index < -0.39 is 11.7 Å². The standard InChI is InChI=1S/C13H12FN5O2/c1-19-17-13(16-18-19)15-12(21)11-6-5-10(14)8-9(11)4-2-3-7-20/h5-6,8,20H,3,7H2,1H3,(H,15,17,21). The molecular weight excluding hydrogens is 277 g/mol. The second-order valence-electron chi connectivity index (χ2n) is 4.02. The van der Waals surface area contributed by atoms with E-state index in [-0.39, 0.29) is 30.1 Å². The van der Waals surface area contributed by atoms with Gasteiger partial charge in [0.25, 0.3) is 11.9 Å². The summed E-state index contributed by atoms with van der Waals surface area (Å²) in [7, 11) is 1.56. The maximum atomic E-state index is 13.3. The molecule has 1 heterocycles. The SMILES string of the molecule is Cn1nnc(NC(=O)c2ccc(F)cc2C#CCCO)n1. The number of amides is 1. The van der Waals surface area contributed by atoms with Crippen LogP contribution in [0.2, 0.25) is 0 Å². The summed E-state index contributed by atoms with van der Waals surface area (Å²) in [4.78, 5) is 13.3. The van der Waals surface area contributed by atoms with Crippen molar-refractivity contribution in [2.45, 2.75) is 6.42 Å². The van der Waals surface area contributed by atoms with Crippen LogP contribution in [0.4, 0.5) is 10.3 Å². The molecule has 0 radical (unpaired) electrons. The largest absolute Gasteiger partial charge is 0.395 e. The van der Waals surface area contributed by atoms with Crippen LogP contribution in [0.15, 0.2) is 18.2 Å². The molecule has 21 heavy (non-hydrogen) atoms. The Balaban J connectivity index is 2.26. The highest BCUT2D eigenvalue weighted by atomic mass is 19.1.